The third-order valence-electron chi connectivity index (χ3n) is 5.76. The normalized spacial score (nSPS) is 10.7. The van der Waals surface area contributed by atoms with Crippen molar-refractivity contribution < 1.29 is 34.0 Å². The number of carbonyl (C=O) groups excluding carboxylic acids is 1. The van der Waals surface area contributed by atoms with E-state index in [2.05, 4.69) is 0 Å². The first-order valence-corrected chi connectivity index (χ1v) is 11.2. The highest BCUT2D eigenvalue weighted by atomic mass is 16.5. The summed E-state index contributed by atoms with van der Waals surface area (Å²) in [5, 5.41) is 22.1. The van der Waals surface area contributed by atoms with Gasteiger partial charge in [0.15, 0.2) is 23.0 Å². The lowest BCUT2D eigenvalue weighted by atomic mass is 9.98. The van der Waals surface area contributed by atoms with Crippen LogP contribution < -0.4 is 18.9 Å². The Kier molecular flexibility index (Phi) is 7.05. The van der Waals surface area contributed by atoms with Crippen LogP contribution in [0.4, 0.5) is 0 Å². The van der Waals surface area contributed by atoms with Gasteiger partial charge in [-0.1, -0.05) is 0 Å². The van der Waals surface area contributed by atoms with Gasteiger partial charge in [0, 0.05) is 16.8 Å². The average molecular weight is 490 g/mol. The molecule has 0 saturated heterocycles. The Balaban J connectivity index is 1.96. The summed E-state index contributed by atoms with van der Waals surface area (Å²) in [6.07, 6.45) is 0. The van der Waals surface area contributed by atoms with E-state index in [1.54, 1.807) is 73.8 Å². The third-order valence-corrected chi connectivity index (χ3v) is 5.76. The molecule has 4 rings (SSSR count). The van der Waals surface area contributed by atoms with Crippen LogP contribution in [0.2, 0.25) is 0 Å². The van der Waals surface area contributed by atoms with E-state index in [9.17, 15) is 15.0 Å². The van der Waals surface area contributed by atoms with Crippen LogP contribution in [0.5, 0.6) is 34.6 Å². The van der Waals surface area contributed by atoms with Gasteiger partial charge in [-0.3, -0.25) is 9.36 Å². The number of hydrogen-bond acceptors (Lipinski definition) is 7. The summed E-state index contributed by atoms with van der Waals surface area (Å²) < 4.78 is 22.9. The molecule has 0 saturated carbocycles. The minimum atomic E-state index is -0.533. The molecule has 0 bridgehead atoms. The van der Waals surface area contributed by atoms with Crippen molar-refractivity contribution in [1.82, 2.24) is 4.57 Å². The van der Waals surface area contributed by atoms with Crippen molar-refractivity contribution in [3.8, 4) is 51.6 Å². The van der Waals surface area contributed by atoms with Gasteiger partial charge in [-0.05, 0) is 73.7 Å². The van der Waals surface area contributed by atoms with Crippen LogP contribution in [0.3, 0.4) is 0 Å². The predicted molar refractivity (Wildman–Crippen MR) is 135 cm³/mol. The molecule has 0 fully saturated rings. The summed E-state index contributed by atoms with van der Waals surface area (Å²) in [7, 11) is 4.58. The Hall–Kier alpha value is -4.59. The topological polar surface area (TPSA) is 99.4 Å². The van der Waals surface area contributed by atoms with Crippen molar-refractivity contribution in [1.29, 1.82) is 0 Å². The van der Waals surface area contributed by atoms with E-state index < -0.39 is 17.4 Å². The molecule has 0 aliphatic heterocycles. The lowest BCUT2D eigenvalue weighted by molar-refractivity contribution is 0.103. The molecule has 1 heterocycles. The summed E-state index contributed by atoms with van der Waals surface area (Å²) in [6, 6.07) is 18.6. The van der Waals surface area contributed by atoms with E-state index >= 15 is 0 Å². The standard InChI is InChI=1S/C28H27NO7/c1-5-36-21-11-6-17(7-12-21)26(30)24-25(18-8-15-22(34-3)23(16-18)35-4)29(28(32)27(24)31)19-9-13-20(33-2)14-10-19/h6-16,31-32H,5H2,1-4H3. The molecule has 0 amide bonds. The van der Waals surface area contributed by atoms with Gasteiger partial charge in [-0.15, -0.1) is 0 Å². The van der Waals surface area contributed by atoms with E-state index in [1.807, 2.05) is 6.92 Å². The van der Waals surface area contributed by atoms with Crippen LogP contribution in [-0.2, 0) is 0 Å². The third kappa shape index (κ3) is 4.40. The molecule has 3 aromatic carbocycles. The number of aromatic hydroxyl groups is 2. The number of nitrogens with zero attached hydrogens (tertiary/aromatic N) is 1. The van der Waals surface area contributed by atoms with Crippen molar-refractivity contribution in [2.45, 2.75) is 6.92 Å². The molecule has 1 aromatic heterocycles. The fraction of sp³-hybridized carbons (Fsp3) is 0.179. The molecular weight excluding hydrogens is 462 g/mol. The monoisotopic (exact) mass is 489 g/mol. The number of methoxy groups -OCH3 is 3. The van der Waals surface area contributed by atoms with Gasteiger partial charge in [-0.2, -0.15) is 0 Å². The quantitative estimate of drug-likeness (QED) is 0.311. The van der Waals surface area contributed by atoms with Crippen molar-refractivity contribution in [2.24, 2.45) is 0 Å². The maximum atomic E-state index is 13.7. The van der Waals surface area contributed by atoms with Gasteiger partial charge in [0.05, 0.1) is 39.2 Å². The molecule has 0 atom stereocenters. The molecule has 0 unspecified atom stereocenters. The summed E-state index contributed by atoms with van der Waals surface area (Å²) in [6.45, 7) is 2.37. The number of benzene rings is 3. The average Bonchev–Trinajstić information content (AvgIpc) is 3.18. The van der Waals surface area contributed by atoms with Crippen LogP contribution in [0.25, 0.3) is 16.9 Å². The molecule has 186 valence electrons. The van der Waals surface area contributed by atoms with Crippen LogP contribution in [0.15, 0.2) is 66.7 Å². The first-order chi connectivity index (χ1) is 17.4. The number of ether oxygens (including phenoxy) is 4. The maximum Gasteiger partial charge on any atom is 0.240 e. The summed E-state index contributed by atoms with van der Waals surface area (Å²) in [4.78, 5) is 13.7. The molecule has 0 radical (unpaired) electrons. The fourth-order valence-corrected chi connectivity index (χ4v) is 4.02. The van der Waals surface area contributed by atoms with Gasteiger partial charge < -0.3 is 29.2 Å². The first kappa shape index (κ1) is 24.5. The minimum absolute atomic E-state index is 0.0558. The zero-order valence-electron chi connectivity index (χ0n) is 20.4. The zero-order chi connectivity index (χ0) is 25.8. The fourth-order valence-electron chi connectivity index (χ4n) is 4.02. The molecular formula is C28H27NO7. The van der Waals surface area contributed by atoms with Crippen molar-refractivity contribution in [3.63, 3.8) is 0 Å². The molecule has 0 spiro atoms. The van der Waals surface area contributed by atoms with Gasteiger partial charge >= 0.3 is 0 Å². The number of aromatic nitrogens is 1. The number of rotatable bonds is 9. The van der Waals surface area contributed by atoms with E-state index in [-0.39, 0.29) is 11.3 Å². The smallest absolute Gasteiger partial charge is 0.240 e. The number of hydrogen-bond donors (Lipinski definition) is 2. The van der Waals surface area contributed by atoms with E-state index in [4.69, 9.17) is 18.9 Å². The molecule has 4 aromatic rings. The van der Waals surface area contributed by atoms with Crippen LogP contribution in [0, 0.1) is 0 Å². The van der Waals surface area contributed by atoms with Crippen LogP contribution in [-0.4, -0.2) is 48.5 Å². The summed E-state index contributed by atoms with van der Waals surface area (Å²) >= 11 is 0. The molecule has 36 heavy (non-hydrogen) atoms. The van der Waals surface area contributed by atoms with E-state index in [0.29, 0.717) is 46.4 Å². The molecule has 0 aliphatic rings. The highest BCUT2D eigenvalue weighted by Gasteiger charge is 2.30. The van der Waals surface area contributed by atoms with Crippen molar-refractivity contribution in [3.05, 3.63) is 77.9 Å². The molecule has 2 N–H and O–H groups in total. The largest absolute Gasteiger partial charge is 0.503 e. The molecule has 0 aliphatic carbocycles. The van der Waals surface area contributed by atoms with E-state index in [1.165, 1.54) is 18.8 Å². The Morgan fingerprint density at radius 1 is 0.806 bits per heavy atom. The van der Waals surface area contributed by atoms with Crippen LogP contribution in [0.1, 0.15) is 22.8 Å². The lowest BCUT2D eigenvalue weighted by Crippen LogP contribution is -2.05. The second-order valence-corrected chi connectivity index (χ2v) is 7.79. The Morgan fingerprint density at radius 3 is 2.03 bits per heavy atom. The highest BCUT2D eigenvalue weighted by Crippen LogP contribution is 2.45. The summed E-state index contributed by atoms with van der Waals surface area (Å²) in [5.41, 5.74) is 1.59. The predicted octanol–water partition coefficient (Wildman–Crippen LogP) is 5.21. The second kappa shape index (κ2) is 10.4. The maximum absolute atomic E-state index is 13.7. The van der Waals surface area contributed by atoms with Gasteiger partial charge in [-0.25, -0.2) is 0 Å². The SMILES string of the molecule is CCOc1ccc(C(=O)c2c(O)c(O)n(-c3ccc(OC)cc3)c2-c2ccc(OC)c(OC)c2)cc1. The van der Waals surface area contributed by atoms with Gasteiger partial charge in [0.1, 0.15) is 11.5 Å². The molecule has 8 heteroatoms. The first-order valence-electron chi connectivity index (χ1n) is 11.2. The van der Waals surface area contributed by atoms with Gasteiger partial charge in [0.2, 0.25) is 5.88 Å². The van der Waals surface area contributed by atoms with Crippen molar-refractivity contribution in [2.75, 3.05) is 27.9 Å². The highest BCUT2D eigenvalue weighted by molar-refractivity contribution is 6.15. The Morgan fingerprint density at radius 2 is 1.44 bits per heavy atom. The number of carbonyl (C=O) groups is 1. The van der Waals surface area contributed by atoms with Crippen LogP contribution >= 0.6 is 0 Å². The van der Waals surface area contributed by atoms with Crippen molar-refractivity contribution >= 4 is 5.78 Å². The Labute approximate surface area is 208 Å². The number of ketones is 1. The van der Waals surface area contributed by atoms with E-state index in [0.717, 1.165) is 0 Å². The molecule has 8 nitrogen and oxygen atoms in total. The van der Waals surface area contributed by atoms with Gasteiger partial charge in [0.25, 0.3) is 0 Å². The Bertz CT molecular complexity index is 1370. The second-order valence-electron chi connectivity index (χ2n) is 7.79. The summed E-state index contributed by atoms with van der Waals surface area (Å²) in [5.74, 6) is 0.689. The minimum Gasteiger partial charge on any atom is -0.503 e. The lowest BCUT2D eigenvalue weighted by Gasteiger charge is -2.15. The zero-order valence-corrected chi connectivity index (χ0v) is 20.4.